The van der Waals surface area contributed by atoms with E-state index in [1.54, 1.807) is 6.92 Å². The van der Waals surface area contributed by atoms with Crippen LogP contribution < -0.4 is 4.89 Å². The van der Waals surface area contributed by atoms with E-state index < -0.39 is 19.9 Å². The fourth-order valence-corrected chi connectivity index (χ4v) is 5.60. The Morgan fingerprint density at radius 1 is 0.628 bits per heavy atom. The van der Waals surface area contributed by atoms with Gasteiger partial charge in [-0.15, -0.1) is 0 Å². The molecule has 0 radical (unpaired) electrons. The fourth-order valence-electron chi connectivity index (χ4n) is 4.87. The molecular weight excluding hydrogens is 565 g/mol. The highest BCUT2D eigenvalue weighted by atomic mass is 31.2. The minimum atomic E-state index is -4.47. The second-order valence-electron chi connectivity index (χ2n) is 13.2. The molecule has 258 valence electrons. The van der Waals surface area contributed by atoms with E-state index in [2.05, 4.69) is 6.92 Å². The molecule has 0 saturated heterocycles. The van der Waals surface area contributed by atoms with E-state index in [-0.39, 0.29) is 26.2 Å². The molecule has 8 nitrogen and oxygen atoms in total. The van der Waals surface area contributed by atoms with Crippen LogP contribution in [0.15, 0.2) is 0 Å². The second kappa shape index (κ2) is 28.9. The van der Waals surface area contributed by atoms with Crippen LogP contribution in [0.1, 0.15) is 155 Å². The van der Waals surface area contributed by atoms with Crippen LogP contribution in [-0.4, -0.2) is 70.7 Å². The summed E-state index contributed by atoms with van der Waals surface area (Å²) < 4.78 is 33.5. The zero-order valence-corrected chi connectivity index (χ0v) is 29.8. The predicted octanol–water partition coefficient (Wildman–Crippen LogP) is 8.74. The maximum atomic E-state index is 12.0. The Hall–Kier alpha value is -0.500. The number of carbonyl (C=O) groups excluding carboxylic acids is 1. The van der Waals surface area contributed by atoms with Crippen molar-refractivity contribution in [2.75, 3.05) is 54.1 Å². The third kappa shape index (κ3) is 32.7. The SMILES string of the molecule is CCCCCCCCCCCCCCCCCCCCCCCOCC(COP(=O)([O-])OCC[N+](C)(C)C)OC(=O)CC. The Bertz CT molecular complexity index is 672. The van der Waals surface area contributed by atoms with Gasteiger partial charge in [-0.1, -0.05) is 142 Å². The maximum absolute atomic E-state index is 12.0. The Kier molecular flexibility index (Phi) is 28.6. The van der Waals surface area contributed by atoms with Crippen LogP contribution in [0, 0.1) is 0 Å². The number of likely N-dealkylation sites (N-methyl/N-ethyl adjacent to an activating group) is 1. The first kappa shape index (κ1) is 42.5. The third-order valence-corrected chi connectivity index (χ3v) is 8.68. The molecule has 0 amide bonds. The van der Waals surface area contributed by atoms with Crippen molar-refractivity contribution in [1.82, 2.24) is 0 Å². The summed E-state index contributed by atoms with van der Waals surface area (Å²) in [5.74, 6) is -0.419. The highest BCUT2D eigenvalue weighted by Gasteiger charge is 2.19. The van der Waals surface area contributed by atoms with Gasteiger partial charge in [-0.25, -0.2) is 0 Å². The van der Waals surface area contributed by atoms with Gasteiger partial charge in [0.25, 0.3) is 7.82 Å². The molecule has 2 unspecified atom stereocenters. The molecule has 0 N–H and O–H groups in total. The monoisotopic (exact) mass is 635 g/mol. The van der Waals surface area contributed by atoms with Crippen LogP contribution >= 0.6 is 7.82 Å². The molecule has 0 aromatic carbocycles. The van der Waals surface area contributed by atoms with Gasteiger partial charge in [0.05, 0.1) is 34.4 Å². The first-order valence-electron chi connectivity index (χ1n) is 17.8. The van der Waals surface area contributed by atoms with Crippen molar-refractivity contribution in [3.05, 3.63) is 0 Å². The molecule has 0 aromatic heterocycles. The molecule has 0 bridgehead atoms. The lowest BCUT2D eigenvalue weighted by atomic mass is 10.0. The molecule has 0 aliphatic heterocycles. The number of esters is 1. The number of ether oxygens (including phenoxy) is 2. The summed E-state index contributed by atoms with van der Waals surface area (Å²) in [5, 5.41) is 0. The van der Waals surface area contributed by atoms with Crippen molar-refractivity contribution in [3.63, 3.8) is 0 Å². The molecule has 0 spiro atoms. The van der Waals surface area contributed by atoms with Gasteiger partial charge in [0.2, 0.25) is 0 Å². The number of carbonyl (C=O) groups is 1. The summed E-state index contributed by atoms with van der Waals surface area (Å²) in [6, 6.07) is 0. The van der Waals surface area contributed by atoms with Crippen LogP contribution in [0.3, 0.4) is 0 Å². The first-order chi connectivity index (χ1) is 20.6. The van der Waals surface area contributed by atoms with Crippen molar-refractivity contribution >= 4 is 13.8 Å². The van der Waals surface area contributed by atoms with E-state index in [0.29, 0.717) is 17.6 Å². The molecule has 0 heterocycles. The van der Waals surface area contributed by atoms with Gasteiger partial charge in [-0.3, -0.25) is 9.36 Å². The normalized spacial score (nSPS) is 14.1. The first-order valence-corrected chi connectivity index (χ1v) is 19.2. The molecule has 2 atom stereocenters. The quantitative estimate of drug-likeness (QED) is 0.0308. The summed E-state index contributed by atoms with van der Waals surface area (Å²) in [5.41, 5.74) is 0. The van der Waals surface area contributed by atoms with Crippen LogP contribution in [0.2, 0.25) is 0 Å². The topological polar surface area (TPSA) is 94.1 Å². The Labute approximate surface area is 266 Å². The van der Waals surface area contributed by atoms with Crippen molar-refractivity contribution in [1.29, 1.82) is 0 Å². The van der Waals surface area contributed by atoms with Gasteiger partial charge in [0.15, 0.2) is 0 Å². The summed E-state index contributed by atoms with van der Waals surface area (Å²) >= 11 is 0. The van der Waals surface area contributed by atoms with Crippen LogP contribution in [0.5, 0.6) is 0 Å². The highest BCUT2D eigenvalue weighted by molar-refractivity contribution is 7.45. The van der Waals surface area contributed by atoms with Gasteiger partial charge in [-0.2, -0.15) is 0 Å². The number of rotatable bonds is 33. The van der Waals surface area contributed by atoms with Gasteiger partial charge in [0, 0.05) is 13.0 Å². The number of hydrogen-bond acceptors (Lipinski definition) is 7. The van der Waals surface area contributed by atoms with Crippen molar-refractivity contribution in [3.8, 4) is 0 Å². The number of nitrogens with zero attached hydrogens (tertiary/aromatic N) is 1. The average molecular weight is 636 g/mol. The average Bonchev–Trinajstić information content (AvgIpc) is 2.95. The predicted molar refractivity (Wildman–Crippen MR) is 176 cm³/mol. The second-order valence-corrected chi connectivity index (χ2v) is 14.6. The van der Waals surface area contributed by atoms with Crippen molar-refractivity contribution in [2.24, 2.45) is 0 Å². The lowest BCUT2D eigenvalue weighted by molar-refractivity contribution is -0.870. The lowest BCUT2D eigenvalue weighted by Gasteiger charge is -2.28. The standard InChI is InChI=1S/C34H70NO7P/c1-6-8-9-10-11-12-13-14-15-16-17-18-19-20-21-22-23-24-25-26-27-29-39-31-33(42-34(36)7-2)32-41-43(37,38)40-30-28-35(3,4)5/h33H,6-32H2,1-5H3. The summed E-state index contributed by atoms with van der Waals surface area (Å²) in [6.45, 7) is 4.86. The van der Waals surface area contributed by atoms with Gasteiger partial charge in [0.1, 0.15) is 19.3 Å². The molecule has 0 saturated carbocycles. The zero-order chi connectivity index (χ0) is 32.1. The lowest BCUT2D eigenvalue weighted by Crippen LogP contribution is -2.37. The molecule has 0 fully saturated rings. The van der Waals surface area contributed by atoms with Crippen molar-refractivity contribution < 1.29 is 37.3 Å². The van der Waals surface area contributed by atoms with Crippen LogP contribution in [-0.2, 0) is 27.9 Å². The fraction of sp³-hybridized carbons (Fsp3) is 0.971. The molecule has 0 aromatic rings. The minimum Gasteiger partial charge on any atom is -0.756 e. The van der Waals surface area contributed by atoms with Gasteiger partial charge < -0.3 is 27.9 Å². The van der Waals surface area contributed by atoms with Crippen LogP contribution in [0.25, 0.3) is 0 Å². The van der Waals surface area contributed by atoms with Gasteiger partial charge >= 0.3 is 5.97 Å². The number of phosphoric acid groups is 1. The van der Waals surface area contributed by atoms with E-state index in [1.165, 1.54) is 122 Å². The minimum absolute atomic E-state index is 0.0274. The van der Waals surface area contributed by atoms with E-state index in [9.17, 15) is 14.3 Å². The van der Waals surface area contributed by atoms with Gasteiger partial charge in [-0.05, 0) is 6.42 Å². The highest BCUT2D eigenvalue weighted by Crippen LogP contribution is 2.38. The molecular formula is C34H70NO7P. The Morgan fingerprint density at radius 3 is 1.44 bits per heavy atom. The number of phosphoric ester groups is 1. The summed E-state index contributed by atoms with van der Waals surface area (Å²) in [7, 11) is 1.36. The summed E-state index contributed by atoms with van der Waals surface area (Å²) in [6.07, 6.45) is 27.7. The molecule has 9 heteroatoms. The van der Waals surface area contributed by atoms with E-state index in [1.807, 2.05) is 21.1 Å². The van der Waals surface area contributed by atoms with E-state index in [4.69, 9.17) is 18.5 Å². The zero-order valence-electron chi connectivity index (χ0n) is 28.9. The summed E-state index contributed by atoms with van der Waals surface area (Å²) in [4.78, 5) is 23.8. The Balaban J connectivity index is 3.66. The molecule has 43 heavy (non-hydrogen) atoms. The molecule has 0 aliphatic rings. The molecule has 0 rings (SSSR count). The van der Waals surface area contributed by atoms with Crippen LogP contribution in [0.4, 0.5) is 0 Å². The smallest absolute Gasteiger partial charge is 0.305 e. The Morgan fingerprint density at radius 2 is 1.05 bits per heavy atom. The van der Waals surface area contributed by atoms with Crippen molar-refractivity contribution in [2.45, 2.75) is 161 Å². The number of hydrogen-bond donors (Lipinski definition) is 0. The molecule has 0 aliphatic carbocycles. The van der Waals surface area contributed by atoms with E-state index >= 15 is 0 Å². The largest absolute Gasteiger partial charge is 0.756 e. The third-order valence-electron chi connectivity index (χ3n) is 7.71. The number of unbranched alkanes of at least 4 members (excludes halogenated alkanes) is 20. The van der Waals surface area contributed by atoms with E-state index in [0.717, 1.165) is 12.8 Å². The number of quaternary nitrogens is 1. The maximum Gasteiger partial charge on any atom is 0.305 e.